The Kier molecular flexibility index (Phi) is 5.85. The molecule has 166 valence electrons. The van der Waals surface area contributed by atoms with Crippen LogP contribution in [0.3, 0.4) is 0 Å². The molecule has 2 saturated heterocycles. The van der Waals surface area contributed by atoms with Crippen molar-refractivity contribution in [1.82, 2.24) is 14.9 Å². The lowest BCUT2D eigenvalue weighted by atomic mass is 9.84. The maximum atomic E-state index is 12.9. The highest BCUT2D eigenvalue weighted by Gasteiger charge is 2.59. The van der Waals surface area contributed by atoms with Gasteiger partial charge in [-0.3, -0.25) is 9.82 Å². The molecule has 2 aliphatic heterocycles. The Bertz CT molecular complexity index is 947. The Labute approximate surface area is 187 Å². The second-order valence-electron chi connectivity index (χ2n) is 9.02. The molecule has 0 aliphatic carbocycles. The fraction of sp³-hybridized carbons (Fsp3) is 0.478. The van der Waals surface area contributed by atoms with Crippen LogP contribution in [0, 0.1) is 5.92 Å². The first-order chi connectivity index (χ1) is 14.7. The van der Waals surface area contributed by atoms with Gasteiger partial charge in [-0.2, -0.15) is 5.06 Å². The minimum Gasteiger partial charge on any atom is -0.497 e. The van der Waals surface area contributed by atoms with Crippen LogP contribution in [0.25, 0.3) is 0 Å². The number of hydrogen-bond donors (Lipinski definition) is 0. The van der Waals surface area contributed by atoms with Crippen molar-refractivity contribution in [3.63, 3.8) is 0 Å². The third kappa shape index (κ3) is 4.35. The Balaban J connectivity index is 1.66. The summed E-state index contributed by atoms with van der Waals surface area (Å²) in [6.45, 7) is 7.58. The zero-order chi connectivity index (χ0) is 22.2. The van der Waals surface area contributed by atoms with E-state index in [0.29, 0.717) is 31.3 Å². The van der Waals surface area contributed by atoms with Crippen LogP contribution in [0.2, 0.25) is 5.02 Å². The molecule has 1 amide bonds. The van der Waals surface area contributed by atoms with Gasteiger partial charge < -0.3 is 14.4 Å². The first-order valence-electron chi connectivity index (χ1n) is 10.3. The molecular weight excluding hydrogens is 418 g/mol. The summed E-state index contributed by atoms with van der Waals surface area (Å²) < 4.78 is 10.9. The molecule has 2 fully saturated rings. The van der Waals surface area contributed by atoms with E-state index in [1.54, 1.807) is 24.3 Å². The van der Waals surface area contributed by atoms with Crippen LogP contribution in [0.4, 0.5) is 4.79 Å². The van der Waals surface area contributed by atoms with Crippen molar-refractivity contribution < 1.29 is 19.1 Å². The number of nitrogens with zero attached hydrogens (tertiary/aromatic N) is 3. The van der Waals surface area contributed by atoms with Crippen LogP contribution in [-0.4, -0.2) is 53.4 Å². The zero-order valence-corrected chi connectivity index (χ0v) is 19.1. The molecule has 3 heterocycles. The number of carbonyl (C=O) groups excluding carboxylic acids is 1. The maximum Gasteiger partial charge on any atom is 0.410 e. The van der Waals surface area contributed by atoms with E-state index < -0.39 is 11.1 Å². The van der Waals surface area contributed by atoms with Crippen molar-refractivity contribution in [2.75, 3.05) is 26.8 Å². The molecule has 31 heavy (non-hydrogen) atoms. The molecule has 1 aromatic carbocycles. The number of hydrogen-bond acceptors (Lipinski definition) is 6. The summed E-state index contributed by atoms with van der Waals surface area (Å²) in [5.41, 5.74) is 0.692. The monoisotopic (exact) mass is 445 g/mol. The van der Waals surface area contributed by atoms with E-state index in [-0.39, 0.29) is 12.0 Å². The topological polar surface area (TPSA) is 64.1 Å². The Morgan fingerprint density at radius 2 is 2.03 bits per heavy atom. The molecule has 0 spiro atoms. The van der Waals surface area contributed by atoms with Crippen LogP contribution in [-0.2, 0) is 21.7 Å². The first kappa shape index (κ1) is 21.9. The minimum absolute atomic E-state index is 0.0456. The van der Waals surface area contributed by atoms with E-state index >= 15 is 0 Å². The zero-order valence-electron chi connectivity index (χ0n) is 18.3. The van der Waals surface area contributed by atoms with Crippen LogP contribution in [0.5, 0.6) is 5.75 Å². The summed E-state index contributed by atoms with van der Waals surface area (Å²) in [4.78, 5) is 25.4. The predicted molar refractivity (Wildman–Crippen MR) is 117 cm³/mol. The summed E-state index contributed by atoms with van der Waals surface area (Å²) in [6, 6.07) is 11.5. The van der Waals surface area contributed by atoms with Gasteiger partial charge in [0.15, 0.2) is 0 Å². The highest BCUT2D eigenvalue weighted by molar-refractivity contribution is 6.30. The van der Waals surface area contributed by atoms with Gasteiger partial charge in [0.1, 0.15) is 16.9 Å². The fourth-order valence-electron chi connectivity index (χ4n) is 4.28. The summed E-state index contributed by atoms with van der Waals surface area (Å²) in [5.74, 6) is 0.844. The summed E-state index contributed by atoms with van der Waals surface area (Å²) in [6.07, 6.45) is 1.37. The van der Waals surface area contributed by atoms with Crippen LogP contribution >= 0.6 is 11.6 Å². The van der Waals surface area contributed by atoms with Crippen molar-refractivity contribution >= 4 is 17.7 Å². The molecule has 0 saturated carbocycles. The van der Waals surface area contributed by atoms with Crippen molar-refractivity contribution in [2.45, 2.75) is 38.5 Å². The molecule has 4 rings (SSSR count). The van der Waals surface area contributed by atoms with E-state index in [2.05, 4.69) is 4.98 Å². The highest BCUT2D eigenvalue weighted by Crippen LogP contribution is 2.47. The summed E-state index contributed by atoms with van der Waals surface area (Å²) in [5, 5.41) is 2.55. The second-order valence-corrected chi connectivity index (χ2v) is 9.46. The molecule has 8 heteroatoms. The number of aromatic nitrogens is 1. The van der Waals surface area contributed by atoms with Crippen molar-refractivity contribution in [1.29, 1.82) is 0 Å². The van der Waals surface area contributed by atoms with Gasteiger partial charge in [0.05, 0.1) is 32.5 Å². The lowest BCUT2D eigenvalue weighted by Crippen LogP contribution is -2.47. The van der Waals surface area contributed by atoms with Crippen molar-refractivity contribution in [3.05, 3.63) is 58.9 Å². The van der Waals surface area contributed by atoms with E-state index in [1.165, 1.54) is 0 Å². The Morgan fingerprint density at radius 3 is 2.68 bits per heavy atom. The lowest BCUT2D eigenvalue weighted by Gasteiger charge is -2.36. The third-order valence-electron chi connectivity index (χ3n) is 5.73. The van der Waals surface area contributed by atoms with Gasteiger partial charge >= 0.3 is 6.09 Å². The summed E-state index contributed by atoms with van der Waals surface area (Å²) in [7, 11) is 1.65. The molecule has 2 aromatic rings. The van der Waals surface area contributed by atoms with Crippen molar-refractivity contribution in [3.8, 4) is 5.75 Å². The number of likely N-dealkylation sites (tertiary alicyclic amines) is 1. The number of amides is 1. The summed E-state index contributed by atoms with van der Waals surface area (Å²) >= 11 is 6.32. The second kappa shape index (κ2) is 8.30. The van der Waals surface area contributed by atoms with Gasteiger partial charge in [-0.05, 0) is 50.6 Å². The Morgan fingerprint density at radius 1 is 1.29 bits per heavy atom. The fourth-order valence-corrected chi connectivity index (χ4v) is 4.44. The third-order valence-corrected chi connectivity index (χ3v) is 5.96. The average molecular weight is 446 g/mol. The number of benzene rings is 1. The number of carbonyl (C=O) groups is 1. The van der Waals surface area contributed by atoms with E-state index in [4.69, 9.17) is 25.9 Å². The van der Waals surface area contributed by atoms with Gasteiger partial charge in [0, 0.05) is 23.7 Å². The highest BCUT2D eigenvalue weighted by atomic mass is 35.5. The number of halogens is 1. The molecule has 2 unspecified atom stereocenters. The SMILES string of the molecule is COc1ccc(CN2OCC3CN(C(=O)OC(C)(C)C)CC32c2cc(Cl)ccn2)cc1. The van der Waals surface area contributed by atoms with E-state index in [0.717, 1.165) is 17.0 Å². The lowest BCUT2D eigenvalue weighted by molar-refractivity contribution is -0.177. The largest absolute Gasteiger partial charge is 0.497 e. The Hall–Kier alpha value is -2.35. The molecule has 2 atom stereocenters. The molecular formula is C23H28ClN3O4. The first-order valence-corrected chi connectivity index (χ1v) is 10.7. The molecule has 2 aliphatic rings. The predicted octanol–water partition coefficient (Wildman–Crippen LogP) is 4.25. The number of ether oxygens (including phenoxy) is 2. The van der Waals surface area contributed by atoms with E-state index in [1.807, 2.05) is 56.2 Å². The molecule has 0 bridgehead atoms. The van der Waals surface area contributed by atoms with Gasteiger partial charge in [0.2, 0.25) is 0 Å². The van der Waals surface area contributed by atoms with Gasteiger partial charge in [-0.1, -0.05) is 23.7 Å². The number of methoxy groups -OCH3 is 1. The van der Waals surface area contributed by atoms with Gasteiger partial charge in [-0.25, -0.2) is 4.79 Å². The molecule has 7 nitrogen and oxygen atoms in total. The number of pyridine rings is 1. The normalized spacial score (nSPS) is 23.6. The van der Waals surface area contributed by atoms with Gasteiger partial charge in [-0.15, -0.1) is 0 Å². The van der Waals surface area contributed by atoms with Crippen LogP contribution in [0.1, 0.15) is 32.0 Å². The maximum absolute atomic E-state index is 12.9. The van der Waals surface area contributed by atoms with Crippen LogP contribution in [0.15, 0.2) is 42.6 Å². The molecule has 0 radical (unpaired) electrons. The van der Waals surface area contributed by atoms with E-state index in [9.17, 15) is 4.79 Å². The van der Waals surface area contributed by atoms with Gasteiger partial charge in [0.25, 0.3) is 0 Å². The smallest absolute Gasteiger partial charge is 0.410 e. The molecule has 0 N–H and O–H groups in total. The quantitative estimate of drug-likeness (QED) is 0.700. The minimum atomic E-state index is -0.609. The number of fused-ring (bicyclic) bond motifs is 1. The number of rotatable bonds is 4. The van der Waals surface area contributed by atoms with Crippen molar-refractivity contribution in [2.24, 2.45) is 5.92 Å². The van der Waals surface area contributed by atoms with Crippen LogP contribution < -0.4 is 4.74 Å². The standard InChI is InChI=1S/C23H28ClN3O4/c1-22(2,3)31-21(28)26-13-17-14-30-27(12-16-5-7-19(29-4)8-6-16)23(17,15-26)20-11-18(24)9-10-25-20/h5-11,17H,12-15H2,1-4H3. The average Bonchev–Trinajstić information content (AvgIpc) is 3.25. The number of hydroxylamine groups is 2. The molecule has 1 aromatic heterocycles.